The lowest BCUT2D eigenvalue weighted by Crippen LogP contribution is -2.40. The van der Waals surface area contributed by atoms with E-state index in [2.05, 4.69) is 30.4 Å². The average molecular weight is 475 g/mol. The Hall–Kier alpha value is -1.41. The second-order valence-corrected chi connectivity index (χ2v) is 10.5. The maximum absolute atomic E-state index is 12.2. The van der Waals surface area contributed by atoms with E-state index in [1.54, 1.807) is 11.8 Å². The normalized spacial score (nSPS) is 11.3. The van der Waals surface area contributed by atoms with Crippen LogP contribution in [0.1, 0.15) is 17.5 Å². The molecule has 0 aliphatic carbocycles. The van der Waals surface area contributed by atoms with Gasteiger partial charge in [0.2, 0.25) is 15.9 Å². The number of carbonyl (C=O) groups is 1. The smallest absolute Gasteiger partial charge is 0.240 e. The number of carbonyl (C=O) groups excluding carboxylic acids is 1. The van der Waals surface area contributed by atoms with Crippen molar-refractivity contribution in [2.24, 2.45) is 0 Å². The predicted octanol–water partition coefficient (Wildman–Crippen LogP) is 4.51. The van der Waals surface area contributed by atoms with E-state index < -0.39 is 10.0 Å². The van der Waals surface area contributed by atoms with Crippen LogP contribution in [0.2, 0.25) is 10.0 Å². The number of nitrogens with one attached hydrogen (secondary N) is 1. The van der Waals surface area contributed by atoms with E-state index in [1.165, 1.54) is 29.3 Å². The molecule has 0 aromatic heterocycles. The van der Waals surface area contributed by atoms with Crippen LogP contribution in [0.3, 0.4) is 0 Å². The van der Waals surface area contributed by atoms with Crippen LogP contribution in [0.4, 0.5) is 5.69 Å². The molecule has 9 heteroatoms. The highest BCUT2D eigenvalue weighted by molar-refractivity contribution is 7.98. The SMILES string of the molecule is Cc1cccc(CSCCCNC(=O)CN(c2cc(Cl)cc(Cl)c2)S(C)(=O)=O)c1. The van der Waals surface area contributed by atoms with Gasteiger partial charge in [0.1, 0.15) is 6.54 Å². The zero-order chi connectivity index (χ0) is 21.4. The van der Waals surface area contributed by atoms with E-state index in [9.17, 15) is 13.2 Å². The third-order valence-electron chi connectivity index (χ3n) is 3.96. The lowest BCUT2D eigenvalue weighted by Gasteiger charge is -2.22. The molecule has 2 aromatic carbocycles. The Morgan fingerprint density at radius 3 is 2.45 bits per heavy atom. The van der Waals surface area contributed by atoms with E-state index in [0.29, 0.717) is 16.6 Å². The molecule has 158 valence electrons. The molecule has 0 aliphatic rings. The van der Waals surface area contributed by atoms with Gasteiger partial charge in [-0.3, -0.25) is 9.10 Å². The van der Waals surface area contributed by atoms with Crippen LogP contribution in [-0.4, -0.2) is 39.4 Å². The number of anilines is 1. The summed E-state index contributed by atoms with van der Waals surface area (Å²) in [6.07, 6.45) is 1.83. The Morgan fingerprint density at radius 1 is 1.14 bits per heavy atom. The first-order valence-electron chi connectivity index (χ1n) is 8.99. The van der Waals surface area contributed by atoms with E-state index >= 15 is 0 Å². The third kappa shape index (κ3) is 8.46. The second-order valence-electron chi connectivity index (χ2n) is 6.64. The standard InChI is InChI=1S/C20H24Cl2N2O3S2/c1-15-5-3-6-16(9-15)14-28-8-4-7-23-20(25)13-24(29(2,26)27)19-11-17(21)10-18(22)12-19/h3,5-6,9-12H,4,7-8,13-14H2,1-2H3,(H,23,25). The van der Waals surface area contributed by atoms with Gasteiger partial charge in [-0.1, -0.05) is 53.0 Å². The first-order chi connectivity index (χ1) is 13.6. The number of thioether (sulfide) groups is 1. The lowest BCUT2D eigenvalue weighted by molar-refractivity contribution is -0.119. The first-order valence-corrected chi connectivity index (χ1v) is 12.7. The summed E-state index contributed by atoms with van der Waals surface area (Å²) in [6.45, 7) is 2.22. The zero-order valence-electron chi connectivity index (χ0n) is 16.3. The van der Waals surface area contributed by atoms with Gasteiger partial charge in [-0.15, -0.1) is 0 Å². The van der Waals surface area contributed by atoms with E-state index in [0.717, 1.165) is 28.5 Å². The van der Waals surface area contributed by atoms with E-state index in [-0.39, 0.29) is 18.1 Å². The van der Waals surface area contributed by atoms with Crippen LogP contribution < -0.4 is 9.62 Å². The fraction of sp³-hybridized carbons (Fsp3) is 0.350. The topological polar surface area (TPSA) is 66.5 Å². The van der Waals surface area contributed by atoms with Gasteiger partial charge in [0, 0.05) is 22.3 Å². The van der Waals surface area contributed by atoms with Crippen LogP contribution in [0, 0.1) is 6.92 Å². The van der Waals surface area contributed by atoms with Gasteiger partial charge in [0.25, 0.3) is 0 Å². The molecule has 0 heterocycles. The molecule has 0 atom stereocenters. The maximum Gasteiger partial charge on any atom is 0.240 e. The van der Waals surface area contributed by atoms with E-state index in [4.69, 9.17) is 23.2 Å². The quantitative estimate of drug-likeness (QED) is 0.514. The number of hydrogen-bond acceptors (Lipinski definition) is 4. The van der Waals surface area contributed by atoms with Crippen LogP contribution >= 0.6 is 35.0 Å². The Labute approximate surface area is 186 Å². The summed E-state index contributed by atoms with van der Waals surface area (Å²) in [5.41, 5.74) is 2.78. The molecule has 5 nitrogen and oxygen atoms in total. The lowest BCUT2D eigenvalue weighted by atomic mass is 10.2. The molecule has 1 N–H and O–H groups in total. The molecule has 0 saturated heterocycles. The fourth-order valence-corrected chi connectivity index (χ4v) is 4.93. The van der Waals surface area contributed by atoms with Crippen molar-refractivity contribution in [1.82, 2.24) is 5.32 Å². The Bertz CT molecular complexity index is 932. The summed E-state index contributed by atoms with van der Waals surface area (Å²) in [5, 5.41) is 3.36. The number of nitrogens with zero attached hydrogens (tertiary/aromatic N) is 1. The fourth-order valence-electron chi connectivity index (χ4n) is 2.66. The number of sulfonamides is 1. The number of rotatable bonds is 10. The highest BCUT2D eigenvalue weighted by Gasteiger charge is 2.21. The Morgan fingerprint density at radius 2 is 1.83 bits per heavy atom. The van der Waals surface area contributed by atoms with Crippen LogP contribution in [0.15, 0.2) is 42.5 Å². The molecular weight excluding hydrogens is 451 g/mol. The second kappa shape index (κ2) is 11.1. The molecular formula is C20H24Cl2N2O3S2. The summed E-state index contributed by atoms with van der Waals surface area (Å²) in [4.78, 5) is 12.2. The summed E-state index contributed by atoms with van der Waals surface area (Å²) >= 11 is 13.7. The summed E-state index contributed by atoms with van der Waals surface area (Å²) in [7, 11) is -3.67. The molecule has 0 saturated carbocycles. The number of hydrogen-bond donors (Lipinski definition) is 1. The van der Waals surface area contributed by atoms with Crippen molar-refractivity contribution in [3.05, 3.63) is 63.6 Å². The summed E-state index contributed by atoms with van der Waals surface area (Å²) in [5.74, 6) is 1.44. The highest BCUT2D eigenvalue weighted by atomic mass is 35.5. The van der Waals surface area contributed by atoms with Gasteiger partial charge in [0.15, 0.2) is 0 Å². The minimum atomic E-state index is -3.67. The minimum absolute atomic E-state index is 0.258. The van der Waals surface area contributed by atoms with Gasteiger partial charge in [-0.05, 0) is 42.9 Å². The molecule has 2 rings (SSSR count). The minimum Gasteiger partial charge on any atom is -0.354 e. The van der Waals surface area contributed by atoms with Crippen molar-refractivity contribution in [3.8, 4) is 0 Å². The van der Waals surface area contributed by atoms with Gasteiger partial charge >= 0.3 is 0 Å². The van der Waals surface area contributed by atoms with Crippen molar-refractivity contribution in [2.45, 2.75) is 19.1 Å². The monoisotopic (exact) mass is 474 g/mol. The third-order valence-corrected chi connectivity index (χ3v) is 6.65. The molecule has 0 bridgehead atoms. The van der Waals surface area contributed by atoms with Gasteiger partial charge in [-0.2, -0.15) is 11.8 Å². The number of benzene rings is 2. The van der Waals surface area contributed by atoms with E-state index in [1.807, 2.05) is 6.07 Å². The predicted molar refractivity (Wildman–Crippen MR) is 124 cm³/mol. The van der Waals surface area contributed by atoms with Crippen molar-refractivity contribution in [2.75, 3.05) is 29.4 Å². The molecule has 0 spiro atoms. The maximum atomic E-state index is 12.2. The Balaban J connectivity index is 1.80. The average Bonchev–Trinajstić information content (AvgIpc) is 2.61. The zero-order valence-corrected chi connectivity index (χ0v) is 19.5. The van der Waals surface area contributed by atoms with Crippen LogP contribution in [0.5, 0.6) is 0 Å². The number of halogens is 2. The molecule has 0 fully saturated rings. The van der Waals surface area contributed by atoms with Gasteiger partial charge in [-0.25, -0.2) is 8.42 Å². The van der Waals surface area contributed by atoms with Gasteiger partial charge < -0.3 is 5.32 Å². The van der Waals surface area contributed by atoms with Crippen molar-refractivity contribution in [1.29, 1.82) is 0 Å². The summed E-state index contributed by atoms with van der Waals surface area (Å²) in [6, 6.07) is 12.8. The van der Waals surface area contributed by atoms with Crippen molar-refractivity contribution >= 4 is 56.6 Å². The first kappa shape index (κ1) is 23.9. The molecule has 1 amide bonds. The Kier molecular flexibility index (Phi) is 9.14. The number of amides is 1. The van der Waals surface area contributed by atoms with Crippen LogP contribution in [-0.2, 0) is 20.6 Å². The highest BCUT2D eigenvalue weighted by Crippen LogP contribution is 2.26. The molecule has 0 unspecified atom stereocenters. The molecule has 0 aliphatic heterocycles. The molecule has 29 heavy (non-hydrogen) atoms. The van der Waals surface area contributed by atoms with Crippen LogP contribution in [0.25, 0.3) is 0 Å². The summed E-state index contributed by atoms with van der Waals surface area (Å²) < 4.78 is 25.2. The van der Waals surface area contributed by atoms with Crippen molar-refractivity contribution in [3.63, 3.8) is 0 Å². The number of aryl methyl sites for hydroxylation is 1. The largest absolute Gasteiger partial charge is 0.354 e. The van der Waals surface area contributed by atoms with Crippen molar-refractivity contribution < 1.29 is 13.2 Å². The van der Waals surface area contributed by atoms with Gasteiger partial charge in [0.05, 0.1) is 11.9 Å². The molecule has 0 radical (unpaired) electrons. The molecule has 2 aromatic rings.